The van der Waals surface area contributed by atoms with Crippen molar-refractivity contribution in [2.75, 3.05) is 47.4 Å². The molecule has 0 spiro atoms. The minimum absolute atomic E-state index is 0.0955. The lowest BCUT2D eigenvalue weighted by molar-refractivity contribution is -0.162. The number of aliphatic hydroxyl groups is 1. The fourth-order valence-corrected chi connectivity index (χ4v) is 14.0. The van der Waals surface area contributed by atoms with Gasteiger partial charge in [-0.15, -0.1) is 0 Å². The van der Waals surface area contributed by atoms with Crippen molar-refractivity contribution in [1.29, 1.82) is 0 Å². The summed E-state index contributed by atoms with van der Waals surface area (Å²) in [4.78, 5) is 45.1. The van der Waals surface area contributed by atoms with Crippen LogP contribution in [-0.4, -0.2) is 80.3 Å². The normalized spacial score (nSPS) is 34.0. The summed E-state index contributed by atoms with van der Waals surface area (Å²) in [5, 5.41) is 10.4. The molecule has 6 aliphatic rings. The number of likely N-dealkylation sites (N-methyl/N-ethyl adjacent to an activating group) is 1. The Morgan fingerprint density at radius 3 is 2.28 bits per heavy atom. The molecule has 0 aliphatic heterocycles. The maximum atomic E-state index is 14.7. The maximum Gasteiger partial charge on any atom is 0.230 e. The number of carbonyl (C=O) groups excluding carboxylic acids is 3. The lowest BCUT2D eigenvalue weighted by atomic mass is 9.37. The van der Waals surface area contributed by atoms with Gasteiger partial charge < -0.3 is 20.1 Å². The van der Waals surface area contributed by atoms with Gasteiger partial charge in [-0.3, -0.25) is 14.5 Å². The second kappa shape index (κ2) is 17.6. The summed E-state index contributed by atoms with van der Waals surface area (Å²) in [6.45, 7) is 20.9. The number of nitrogens with zero attached hydrogens (tertiary/aromatic N) is 2. The highest BCUT2D eigenvalue weighted by atomic mass is 16.2. The quantitative estimate of drug-likeness (QED) is 0.205. The highest BCUT2D eigenvalue weighted by Gasteiger charge is 2.66. The van der Waals surface area contributed by atoms with E-state index in [1.165, 1.54) is 41.5 Å². The number of allylic oxidation sites excluding steroid dienone is 5. The number of hydrogen-bond donors (Lipinski definition) is 2. The minimum Gasteiger partial charge on any atom is -0.400 e. The average molecular weight is 796 g/mol. The molecule has 0 heterocycles. The molecule has 58 heavy (non-hydrogen) atoms. The summed E-state index contributed by atoms with van der Waals surface area (Å²) < 4.78 is 0. The molecule has 3 saturated carbocycles. The van der Waals surface area contributed by atoms with Crippen molar-refractivity contribution in [3.8, 4) is 0 Å². The molecule has 0 aromatic heterocycles. The number of aryl methyl sites for hydroxylation is 1. The lowest BCUT2D eigenvalue weighted by Gasteiger charge is -2.68. The molecule has 0 bridgehead atoms. The number of aldehydes is 1. The third-order valence-electron chi connectivity index (χ3n) is 16.7. The van der Waals surface area contributed by atoms with Gasteiger partial charge >= 0.3 is 0 Å². The van der Waals surface area contributed by atoms with Crippen molar-refractivity contribution >= 4 is 18.0 Å². The SMILES string of the molecule is CO.Cc1ccc(CN(CCNC(=O)C23CCC4C(CCC5C4(C)CCC4C(C)(C)C(C6=CCC(C=O)CC6)=CCC45C)C2=C(C(C)C)C(=O)C3)CCN(C)C)cc1. The van der Waals surface area contributed by atoms with E-state index in [1.807, 2.05) is 0 Å². The van der Waals surface area contributed by atoms with Crippen LogP contribution in [-0.2, 0) is 20.9 Å². The van der Waals surface area contributed by atoms with E-state index in [4.69, 9.17) is 5.11 Å². The third kappa shape index (κ3) is 8.03. The number of fused-ring (bicyclic) bond motifs is 7. The molecule has 3 fully saturated rings. The van der Waals surface area contributed by atoms with Gasteiger partial charge in [-0.05, 0) is 159 Å². The summed E-state index contributed by atoms with van der Waals surface area (Å²) >= 11 is 0. The van der Waals surface area contributed by atoms with E-state index in [0.717, 1.165) is 90.1 Å². The first kappa shape index (κ1) is 44.7. The van der Waals surface area contributed by atoms with Crippen LogP contribution < -0.4 is 5.32 Å². The molecule has 8 unspecified atom stereocenters. The molecule has 0 radical (unpaired) electrons. The van der Waals surface area contributed by atoms with E-state index < -0.39 is 5.41 Å². The maximum absolute atomic E-state index is 14.7. The third-order valence-corrected chi connectivity index (χ3v) is 16.7. The second-order valence-electron chi connectivity index (χ2n) is 20.9. The summed E-state index contributed by atoms with van der Waals surface area (Å²) in [5.74, 6) is 2.67. The Balaban J connectivity index is 0.00000279. The predicted octanol–water partition coefficient (Wildman–Crippen LogP) is 9.14. The lowest BCUT2D eigenvalue weighted by Crippen LogP contribution is -2.61. The van der Waals surface area contributed by atoms with E-state index in [1.54, 1.807) is 5.57 Å². The van der Waals surface area contributed by atoms with Gasteiger partial charge in [0.05, 0.1) is 5.41 Å². The van der Waals surface area contributed by atoms with E-state index >= 15 is 0 Å². The molecule has 1 amide bonds. The van der Waals surface area contributed by atoms with Crippen LogP contribution in [0.4, 0.5) is 0 Å². The van der Waals surface area contributed by atoms with Crippen LogP contribution in [0, 0.1) is 64.1 Å². The zero-order chi connectivity index (χ0) is 42.2. The molecule has 0 saturated heterocycles. The molecule has 6 aliphatic carbocycles. The molecule has 1 aromatic carbocycles. The van der Waals surface area contributed by atoms with Gasteiger partial charge in [0.15, 0.2) is 5.78 Å². The number of carbonyl (C=O) groups is 3. The summed E-state index contributed by atoms with van der Waals surface area (Å²) in [6.07, 6.45) is 17.1. The fourth-order valence-electron chi connectivity index (χ4n) is 14.0. The molecule has 7 rings (SSSR count). The van der Waals surface area contributed by atoms with Crippen molar-refractivity contribution < 1.29 is 19.5 Å². The molecule has 7 nitrogen and oxygen atoms in total. The van der Waals surface area contributed by atoms with E-state index in [9.17, 15) is 14.4 Å². The van der Waals surface area contributed by atoms with Crippen LogP contribution in [0.1, 0.15) is 123 Å². The predicted molar refractivity (Wildman–Crippen MR) is 236 cm³/mol. The Hall–Kier alpha value is -2.87. The smallest absolute Gasteiger partial charge is 0.230 e. The topological polar surface area (TPSA) is 90.0 Å². The first-order valence-electron chi connectivity index (χ1n) is 22.8. The van der Waals surface area contributed by atoms with Crippen LogP contribution in [0.5, 0.6) is 0 Å². The monoisotopic (exact) mass is 796 g/mol. The van der Waals surface area contributed by atoms with E-state index in [2.05, 4.69) is 114 Å². The van der Waals surface area contributed by atoms with Gasteiger partial charge in [-0.2, -0.15) is 0 Å². The van der Waals surface area contributed by atoms with Gasteiger partial charge in [-0.25, -0.2) is 0 Å². The Bertz CT molecular complexity index is 1770. The van der Waals surface area contributed by atoms with Crippen LogP contribution in [0.25, 0.3) is 0 Å². The number of ketones is 1. The number of rotatable bonds is 12. The Morgan fingerprint density at radius 1 is 0.914 bits per heavy atom. The molecule has 8 atom stereocenters. The van der Waals surface area contributed by atoms with Crippen molar-refractivity contribution in [3.05, 3.63) is 69.8 Å². The van der Waals surface area contributed by atoms with Crippen LogP contribution in [0.3, 0.4) is 0 Å². The second-order valence-corrected chi connectivity index (χ2v) is 20.9. The van der Waals surface area contributed by atoms with E-state index in [-0.39, 0.29) is 39.8 Å². The summed E-state index contributed by atoms with van der Waals surface area (Å²) in [5.41, 5.74) is 7.66. The standard InChI is InChI=1S/C50H73N3O3.CH4O/c1-33(2)44-41(55)30-50(46(56)51-26-27-53(29-28-52(8)9)31-35-12-10-34(3)11-13-35)25-21-40-38(45(44)50)18-19-43-48(40,6)24-22-42-47(4,5)39(20-23-49(42,43)7)37-16-14-36(32-54)15-17-37;1-2/h10-13,16,20,32-33,36,38,40,42-43H,14-15,17-19,21-31H2,1-9H3,(H,51,56);2H,1H3. The number of hydrogen-bond acceptors (Lipinski definition) is 6. The average Bonchev–Trinajstić information content (AvgIpc) is 3.51. The molecule has 2 N–H and O–H groups in total. The van der Waals surface area contributed by atoms with Gasteiger partial charge in [0.1, 0.15) is 6.29 Å². The van der Waals surface area contributed by atoms with Crippen molar-refractivity contribution in [2.45, 2.75) is 126 Å². The van der Waals surface area contributed by atoms with Gasteiger partial charge in [0, 0.05) is 52.2 Å². The number of amides is 1. The molecule has 1 aromatic rings. The van der Waals surface area contributed by atoms with Crippen LogP contribution in [0.15, 0.2) is 58.7 Å². The molecular weight excluding hydrogens is 719 g/mol. The number of benzene rings is 1. The highest BCUT2D eigenvalue weighted by Crippen LogP contribution is 2.73. The van der Waals surface area contributed by atoms with Crippen molar-refractivity contribution in [3.63, 3.8) is 0 Å². The fraction of sp³-hybridized carbons (Fsp3) is 0.706. The molecular formula is C51H77N3O4. The zero-order valence-electron chi connectivity index (χ0n) is 37.9. The van der Waals surface area contributed by atoms with Crippen LogP contribution >= 0.6 is 0 Å². The Kier molecular flexibility index (Phi) is 13.6. The first-order valence-corrected chi connectivity index (χ1v) is 22.8. The van der Waals surface area contributed by atoms with E-state index in [0.29, 0.717) is 36.6 Å². The van der Waals surface area contributed by atoms with Gasteiger partial charge in [0.2, 0.25) is 5.91 Å². The molecule has 320 valence electrons. The first-order chi connectivity index (χ1) is 27.5. The number of nitrogens with one attached hydrogen (secondary N) is 1. The van der Waals surface area contributed by atoms with Crippen molar-refractivity contribution in [1.82, 2.24) is 15.1 Å². The summed E-state index contributed by atoms with van der Waals surface area (Å²) in [7, 11) is 5.23. The number of aliphatic hydroxyl groups excluding tert-OH is 1. The largest absolute Gasteiger partial charge is 0.400 e. The van der Waals surface area contributed by atoms with Crippen molar-refractivity contribution in [2.24, 2.45) is 57.2 Å². The number of Topliss-reactive ketones (excluding diaryl/α,β-unsaturated/α-hetero) is 1. The summed E-state index contributed by atoms with van der Waals surface area (Å²) in [6, 6.07) is 8.79. The Morgan fingerprint density at radius 2 is 1.64 bits per heavy atom. The Labute approximate surface area is 351 Å². The van der Waals surface area contributed by atoms with Gasteiger partial charge in [0.25, 0.3) is 0 Å². The zero-order valence-corrected chi connectivity index (χ0v) is 37.9. The van der Waals surface area contributed by atoms with Crippen LogP contribution in [0.2, 0.25) is 0 Å². The highest BCUT2D eigenvalue weighted by molar-refractivity contribution is 6.06. The molecule has 7 heteroatoms. The van der Waals surface area contributed by atoms with Gasteiger partial charge in [-0.1, -0.05) is 83.5 Å². The minimum atomic E-state index is -0.700.